The summed E-state index contributed by atoms with van der Waals surface area (Å²) >= 11 is 0. The van der Waals surface area contributed by atoms with Crippen LogP contribution in [0.2, 0.25) is 0 Å². The van der Waals surface area contributed by atoms with Crippen molar-refractivity contribution in [2.75, 3.05) is 0 Å². The van der Waals surface area contributed by atoms with Gasteiger partial charge in [-0.3, -0.25) is 0 Å². The highest BCUT2D eigenvalue weighted by Crippen LogP contribution is 2.54. The van der Waals surface area contributed by atoms with Crippen molar-refractivity contribution in [1.82, 2.24) is 0 Å². The van der Waals surface area contributed by atoms with Gasteiger partial charge in [0.2, 0.25) is 0 Å². The summed E-state index contributed by atoms with van der Waals surface area (Å²) in [7, 11) is 0. The zero-order valence-corrected chi connectivity index (χ0v) is 14.3. The molecule has 0 saturated carbocycles. The van der Waals surface area contributed by atoms with Crippen molar-refractivity contribution in [1.29, 1.82) is 0 Å². The number of allylic oxidation sites excluding steroid dienone is 1. The number of phenols is 1. The Bertz CT molecular complexity index is 984. The molecule has 1 heteroatoms. The van der Waals surface area contributed by atoms with E-state index in [2.05, 4.69) is 67.6 Å². The summed E-state index contributed by atoms with van der Waals surface area (Å²) in [5, 5.41) is 9.97. The first-order valence-electron chi connectivity index (χ1n) is 8.85. The van der Waals surface area contributed by atoms with Crippen molar-refractivity contribution in [3.63, 3.8) is 0 Å². The molecule has 25 heavy (non-hydrogen) atoms. The van der Waals surface area contributed by atoms with Crippen LogP contribution >= 0.6 is 0 Å². The Morgan fingerprint density at radius 1 is 0.840 bits per heavy atom. The van der Waals surface area contributed by atoms with Gasteiger partial charge in [0.1, 0.15) is 5.75 Å². The number of hydrogen-bond donors (Lipinski definition) is 1. The number of aromatic hydroxyl groups is 1. The fourth-order valence-corrected chi connectivity index (χ4v) is 4.63. The third-order valence-electron chi connectivity index (χ3n) is 5.83. The van der Waals surface area contributed by atoms with Crippen LogP contribution in [-0.2, 0) is 18.3 Å². The third kappa shape index (κ3) is 2.09. The minimum absolute atomic E-state index is 0.0119. The lowest BCUT2D eigenvalue weighted by Gasteiger charge is -2.30. The van der Waals surface area contributed by atoms with Crippen LogP contribution in [0.15, 0.2) is 66.7 Å². The summed E-state index contributed by atoms with van der Waals surface area (Å²) in [6.45, 7) is 2.13. The van der Waals surface area contributed by atoms with Gasteiger partial charge < -0.3 is 5.11 Å². The van der Waals surface area contributed by atoms with Crippen LogP contribution in [0.5, 0.6) is 5.75 Å². The molecular formula is C24H20O. The zero-order valence-electron chi connectivity index (χ0n) is 14.3. The second kappa shape index (κ2) is 5.10. The van der Waals surface area contributed by atoms with E-state index in [4.69, 9.17) is 0 Å². The number of benzene rings is 3. The Morgan fingerprint density at radius 2 is 1.52 bits per heavy atom. The molecule has 3 aromatic rings. The molecule has 0 aliphatic heterocycles. The molecular weight excluding hydrogens is 304 g/mol. The molecule has 122 valence electrons. The van der Waals surface area contributed by atoms with E-state index in [9.17, 15) is 5.11 Å². The van der Waals surface area contributed by atoms with E-state index in [1.54, 1.807) is 0 Å². The van der Waals surface area contributed by atoms with Crippen molar-refractivity contribution in [3.05, 3.63) is 100 Å². The first-order valence-corrected chi connectivity index (χ1v) is 8.85. The molecule has 5 rings (SSSR count). The number of phenolic OH excluding ortho intramolecular Hbond substituents is 1. The SMILES string of the molecule is Cc1ccc(C2=Cc3cc(O)ccc3C23Cc2ccccc2C3)cc1. The monoisotopic (exact) mass is 324 g/mol. The highest BCUT2D eigenvalue weighted by atomic mass is 16.3. The normalized spacial score (nSPS) is 16.6. The van der Waals surface area contributed by atoms with Crippen molar-refractivity contribution in [3.8, 4) is 5.75 Å². The second-order valence-electron chi connectivity index (χ2n) is 7.40. The predicted octanol–water partition coefficient (Wildman–Crippen LogP) is 5.29. The molecule has 1 N–H and O–H groups in total. The van der Waals surface area contributed by atoms with Crippen LogP contribution in [0.4, 0.5) is 0 Å². The van der Waals surface area contributed by atoms with E-state index in [1.165, 1.54) is 33.4 Å². The quantitative estimate of drug-likeness (QED) is 0.645. The summed E-state index contributed by atoms with van der Waals surface area (Å²) < 4.78 is 0. The Kier molecular flexibility index (Phi) is 2.96. The fraction of sp³-hybridized carbons (Fsp3) is 0.167. The van der Waals surface area contributed by atoms with Gasteiger partial charge in [-0.2, -0.15) is 0 Å². The molecule has 0 atom stereocenters. The van der Waals surface area contributed by atoms with Crippen molar-refractivity contribution in [2.24, 2.45) is 0 Å². The van der Waals surface area contributed by atoms with Crippen molar-refractivity contribution < 1.29 is 5.11 Å². The molecule has 0 heterocycles. The van der Waals surface area contributed by atoms with E-state index in [-0.39, 0.29) is 5.41 Å². The van der Waals surface area contributed by atoms with Gasteiger partial charge in [0.15, 0.2) is 0 Å². The van der Waals surface area contributed by atoms with E-state index in [0.29, 0.717) is 5.75 Å². The molecule has 0 unspecified atom stereocenters. The molecule has 0 amide bonds. The van der Waals surface area contributed by atoms with Gasteiger partial charge in [-0.1, -0.05) is 60.2 Å². The maximum atomic E-state index is 9.97. The van der Waals surface area contributed by atoms with Crippen molar-refractivity contribution in [2.45, 2.75) is 25.2 Å². The number of hydrogen-bond acceptors (Lipinski definition) is 1. The molecule has 2 aliphatic carbocycles. The van der Waals surface area contributed by atoms with Gasteiger partial charge in [-0.05, 0) is 71.4 Å². The van der Waals surface area contributed by atoms with Gasteiger partial charge in [0.05, 0.1) is 0 Å². The van der Waals surface area contributed by atoms with E-state index in [0.717, 1.165) is 18.4 Å². The molecule has 0 aromatic heterocycles. The summed E-state index contributed by atoms with van der Waals surface area (Å²) in [5.41, 5.74) is 9.32. The van der Waals surface area contributed by atoms with Crippen LogP contribution in [0.25, 0.3) is 11.6 Å². The Hall–Kier alpha value is -2.80. The lowest BCUT2D eigenvalue weighted by molar-refractivity contribution is 0.474. The standard InChI is InChI=1S/C24H20O/c1-16-6-8-17(9-7-16)23-13-20-12-21(25)10-11-22(20)24(23)14-18-4-2-3-5-19(18)15-24/h2-13,25H,14-15H2,1H3. The van der Waals surface area contributed by atoms with Crippen LogP contribution in [0, 0.1) is 6.92 Å². The summed E-state index contributed by atoms with van der Waals surface area (Å²) in [6.07, 6.45) is 4.34. The van der Waals surface area contributed by atoms with Crippen LogP contribution in [0.1, 0.15) is 33.4 Å². The van der Waals surface area contributed by atoms with Crippen LogP contribution < -0.4 is 0 Å². The molecule has 0 saturated heterocycles. The van der Waals surface area contributed by atoms with E-state index >= 15 is 0 Å². The van der Waals surface area contributed by atoms with Gasteiger partial charge in [0, 0.05) is 5.41 Å². The zero-order chi connectivity index (χ0) is 17.0. The largest absolute Gasteiger partial charge is 0.508 e. The average Bonchev–Trinajstić information content (AvgIpc) is 3.14. The maximum Gasteiger partial charge on any atom is 0.116 e. The van der Waals surface area contributed by atoms with Crippen molar-refractivity contribution >= 4 is 11.6 Å². The number of fused-ring (bicyclic) bond motifs is 3. The first kappa shape index (κ1) is 14.5. The predicted molar refractivity (Wildman–Crippen MR) is 103 cm³/mol. The third-order valence-corrected chi connectivity index (χ3v) is 5.83. The minimum Gasteiger partial charge on any atom is -0.508 e. The van der Waals surface area contributed by atoms with E-state index < -0.39 is 0 Å². The van der Waals surface area contributed by atoms with Crippen LogP contribution in [-0.4, -0.2) is 5.11 Å². The Labute approximate surface area is 148 Å². The van der Waals surface area contributed by atoms with Gasteiger partial charge in [-0.25, -0.2) is 0 Å². The molecule has 0 fully saturated rings. The van der Waals surface area contributed by atoms with Gasteiger partial charge >= 0.3 is 0 Å². The summed E-state index contributed by atoms with van der Waals surface area (Å²) in [4.78, 5) is 0. The topological polar surface area (TPSA) is 20.2 Å². The molecule has 1 nitrogen and oxygen atoms in total. The maximum absolute atomic E-state index is 9.97. The molecule has 1 spiro atoms. The lowest BCUT2D eigenvalue weighted by Crippen LogP contribution is -2.26. The molecule has 0 bridgehead atoms. The lowest BCUT2D eigenvalue weighted by atomic mass is 9.72. The highest BCUT2D eigenvalue weighted by Gasteiger charge is 2.46. The van der Waals surface area contributed by atoms with Crippen LogP contribution in [0.3, 0.4) is 0 Å². The minimum atomic E-state index is -0.0119. The second-order valence-corrected chi connectivity index (χ2v) is 7.40. The molecule has 0 radical (unpaired) electrons. The Balaban J connectivity index is 1.72. The van der Waals surface area contributed by atoms with E-state index in [1.807, 2.05) is 12.1 Å². The molecule has 2 aliphatic rings. The first-order chi connectivity index (χ1) is 12.2. The fourth-order valence-electron chi connectivity index (χ4n) is 4.63. The smallest absolute Gasteiger partial charge is 0.116 e. The van der Waals surface area contributed by atoms with Gasteiger partial charge in [-0.15, -0.1) is 0 Å². The highest BCUT2D eigenvalue weighted by molar-refractivity contribution is 5.95. The summed E-state index contributed by atoms with van der Waals surface area (Å²) in [5.74, 6) is 0.339. The number of aryl methyl sites for hydroxylation is 1. The Morgan fingerprint density at radius 3 is 2.20 bits per heavy atom. The number of rotatable bonds is 1. The van der Waals surface area contributed by atoms with Gasteiger partial charge in [0.25, 0.3) is 0 Å². The summed E-state index contributed by atoms with van der Waals surface area (Å²) in [6, 6.07) is 23.5. The average molecular weight is 324 g/mol. The molecule has 3 aromatic carbocycles.